The van der Waals surface area contributed by atoms with Crippen molar-refractivity contribution in [1.29, 1.82) is 0 Å². The number of phenolic OH excluding ortho intramolecular Hbond substituents is 1. The average Bonchev–Trinajstić information content (AvgIpc) is 2.06. The fourth-order valence-corrected chi connectivity index (χ4v) is 1.01. The highest BCUT2D eigenvalue weighted by Crippen LogP contribution is 2.15. The van der Waals surface area contributed by atoms with Crippen molar-refractivity contribution >= 4 is 0 Å². The summed E-state index contributed by atoms with van der Waals surface area (Å²) >= 11 is 0. The Bertz CT molecular complexity index is 233. The van der Waals surface area contributed by atoms with Gasteiger partial charge in [-0.25, -0.2) is 0 Å². The molecule has 0 saturated carbocycles. The lowest BCUT2D eigenvalue weighted by atomic mass is 10.1. The maximum absolute atomic E-state index is 9.02. The summed E-state index contributed by atoms with van der Waals surface area (Å²) in [5.74, 6) is 0.281. The van der Waals surface area contributed by atoms with Gasteiger partial charge in [-0.2, -0.15) is 5.48 Å². The first kappa shape index (κ1) is 9.03. The summed E-state index contributed by atoms with van der Waals surface area (Å²) < 4.78 is 0. The second-order valence-corrected chi connectivity index (χ2v) is 2.64. The molecule has 66 valence electrons. The van der Waals surface area contributed by atoms with E-state index in [0.29, 0.717) is 0 Å². The summed E-state index contributed by atoms with van der Waals surface area (Å²) in [6.45, 7) is 1.98. The number of hydroxylamine groups is 1. The molecule has 0 aliphatic heterocycles. The molecule has 0 aliphatic rings. The molecule has 0 bridgehead atoms. The van der Waals surface area contributed by atoms with Gasteiger partial charge < -0.3 is 9.94 Å². The molecular formula is C9H13NO2. The number of phenols is 1. The van der Waals surface area contributed by atoms with E-state index >= 15 is 0 Å². The minimum atomic E-state index is 0.135. The minimum absolute atomic E-state index is 0.135. The molecule has 1 aromatic carbocycles. The van der Waals surface area contributed by atoms with Gasteiger partial charge in [0.2, 0.25) is 0 Å². The van der Waals surface area contributed by atoms with Crippen molar-refractivity contribution in [3.63, 3.8) is 0 Å². The van der Waals surface area contributed by atoms with E-state index in [4.69, 9.17) is 9.94 Å². The monoisotopic (exact) mass is 167 g/mol. The van der Waals surface area contributed by atoms with Crippen molar-refractivity contribution < 1.29 is 9.94 Å². The van der Waals surface area contributed by atoms with Crippen LogP contribution in [0.1, 0.15) is 18.5 Å². The third kappa shape index (κ3) is 2.22. The summed E-state index contributed by atoms with van der Waals surface area (Å²) in [4.78, 5) is 4.78. The average molecular weight is 167 g/mol. The van der Waals surface area contributed by atoms with Crippen LogP contribution in [0.5, 0.6) is 5.75 Å². The fraction of sp³-hybridized carbons (Fsp3) is 0.333. The molecule has 0 aliphatic carbocycles. The van der Waals surface area contributed by atoms with Gasteiger partial charge in [-0.1, -0.05) is 12.1 Å². The van der Waals surface area contributed by atoms with Crippen LogP contribution in [0.3, 0.4) is 0 Å². The number of hydrogen-bond acceptors (Lipinski definition) is 3. The van der Waals surface area contributed by atoms with Crippen LogP contribution in [0.25, 0.3) is 0 Å². The molecule has 0 aromatic heterocycles. The summed E-state index contributed by atoms with van der Waals surface area (Å²) in [5.41, 5.74) is 3.88. The molecule has 2 N–H and O–H groups in total. The van der Waals surface area contributed by atoms with E-state index in [-0.39, 0.29) is 11.8 Å². The zero-order valence-electron chi connectivity index (χ0n) is 7.24. The van der Waals surface area contributed by atoms with Crippen molar-refractivity contribution in [2.45, 2.75) is 13.0 Å². The van der Waals surface area contributed by atoms with E-state index in [1.165, 1.54) is 0 Å². The number of nitrogens with one attached hydrogen (secondary N) is 1. The molecule has 3 nitrogen and oxygen atoms in total. The van der Waals surface area contributed by atoms with Crippen molar-refractivity contribution in [1.82, 2.24) is 5.48 Å². The highest BCUT2D eigenvalue weighted by Gasteiger charge is 2.02. The van der Waals surface area contributed by atoms with Crippen LogP contribution in [-0.2, 0) is 4.84 Å². The van der Waals surface area contributed by atoms with Gasteiger partial charge in [-0.15, -0.1) is 0 Å². The first-order chi connectivity index (χ1) is 5.74. The summed E-state index contributed by atoms with van der Waals surface area (Å²) in [5, 5.41) is 9.02. The maximum atomic E-state index is 9.02. The normalized spacial score (nSPS) is 12.8. The molecule has 0 unspecified atom stereocenters. The number of aromatic hydroxyl groups is 1. The highest BCUT2D eigenvalue weighted by molar-refractivity contribution is 5.27. The Labute approximate surface area is 71.9 Å². The van der Waals surface area contributed by atoms with Gasteiger partial charge >= 0.3 is 0 Å². The molecular weight excluding hydrogens is 154 g/mol. The van der Waals surface area contributed by atoms with E-state index in [0.717, 1.165) is 5.56 Å². The number of hydrogen-bond donors (Lipinski definition) is 2. The fourth-order valence-electron chi connectivity index (χ4n) is 1.01. The Morgan fingerprint density at radius 3 is 2.42 bits per heavy atom. The first-order valence-corrected chi connectivity index (χ1v) is 3.81. The predicted molar refractivity (Wildman–Crippen MR) is 46.7 cm³/mol. The van der Waals surface area contributed by atoms with Gasteiger partial charge in [0.05, 0.1) is 13.2 Å². The molecule has 0 radical (unpaired) electrons. The summed E-state index contributed by atoms with van der Waals surface area (Å²) in [6.07, 6.45) is 0. The van der Waals surface area contributed by atoms with Gasteiger partial charge in [0.25, 0.3) is 0 Å². The lowest BCUT2D eigenvalue weighted by Crippen LogP contribution is -2.16. The Morgan fingerprint density at radius 1 is 1.33 bits per heavy atom. The van der Waals surface area contributed by atoms with Crippen molar-refractivity contribution in [3.05, 3.63) is 29.8 Å². The molecule has 0 spiro atoms. The largest absolute Gasteiger partial charge is 0.508 e. The topological polar surface area (TPSA) is 41.5 Å². The third-order valence-electron chi connectivity index (χ3n) is 1.69. The van der Waals surface area contributed by atoms with Crippen LogP contribution in [0.2, 0.25) is 0 Å². The minimum Gasteiger partial charge on any atom is -0.508 e. The Balaban J connectivity index is 2.68. The van der Waals surface area contributed by atoms with Crippen molar-refractivity contribution in [3.8, 4) is 5.75 Å². The van der Waals surface area contributed by atoms with Gasteiger partial charge in [-0.05, 0) is 24.6 Å². The zero-order chi connectivity index (χ0) is 8.97. The Hall–Kier alpha value is -1.06. The van der Waals surface area contributed by atoms with Gasteiger partial charge in [0.1, 0.15) is 5.75 Å². The van der Waals surface area contributed by atoms with E-state index in [2.05, 4.69) is 5.48 Å². The predicted octanol–water partition coefficient (Wildman–Crippen LogP) is 1.60. The van der Waals surface area contributed by atoms with Crippen molar-refractivity contribution in [2.75, 3.05) is 7.11 Å². The number of rotatable bonds is 3. The maximum Gasteiger partial charge on any atom is 0.115 e. The molecule has 12 heavy (non-hydrogen) atoms. The Morgan fingerprint density at radius 2 is 1.92 bits per heavy atom. The molecule has 1 atom stereocenters. The van der Waals surface area contributed by atoms with E-state index in [9.17, 15) is 0 Å². The van der Waals surface area contributed by atoms with E-state index in [1.807, 2.05) is 19.1 Å². The van der Waals surface area contributed by atoms with Gasteiger partial charge in [0, 0.05) is 0 Å². The van der Waals surface area contributed by atoms with Crippen LogP contribution >= 0.6 is 0 Å². The van der Waals surface area contributed by atoms with Crippen molar-refractivity contribution in [2.24, 2.45) is 0 Å². The van der Waals surface area contributed by atoms with Crippen LogP contribution in [0, 0.1) is 0 Å². The first-order valence-electron chi connectivity index (χ1n) is 3.81. The highest BCUT2D eigenvalue weighted by atomic mass is 16.6. The van der Waals surface area contributed by atoms with Crippen LogP contribution in [0.4, 0.5) is 0 Å². The number of benzene rings is 1. The molecule has 3 heteroatoms. The summed E-state index contributed by atoms with van der Waals surface area (Å²) in [7, 11) is 1.58. The third-order valence-corrected chi connectivity index (χ3v) is 1.69. The zero-order valence-corrected chi connectivity index (χ0v) is 7.24. The van der Waals surface area contributed by atoms with Crippen LogP contribution in [-0.4, -0.2) is 12.2 Å². The van der Waals surface area contributed by atoms with Crippen LogP contribution in [0.15, 0.2) is 24.3 Å². The molecule has 0 amide bonds. The standard InChI is InChI=1S/C9H13NO2/c1-7(10-12-2)8-3-5-9(11)6-4-8/h3-7,10-11H,1-2H3/t7-/m0/s1. The van der Waals surface area contributed by atoms with Gasteiger partial charge in [-0.3, -0.25) is 0 Å². The quantitative estimate of drug-likeness (QED) is 0.672. The molecule has 1 aromatic rings. The second kappa shape index (κ2) is 4.09. The van der Waals surface area contributed by atoms with Crippen LogP contribution < -0.4 is 5.48 Å². The van der Waals surface area contributed by atoms with E-state index in [1.54, 1.807) is 19.2 Å². The smallest absolute Gasteiger partial charge is 0.115 e. The SMILES string of the molecule is CON[C@@H](C)c1ccc(O)cc1. The molecule has 0 heterocycles. The molecule has 1 rings (SSSR count). The lowest BCUT2D eigenvalue weighted by molar-refractivity contribution is 0.0658. The van der Waals surface area contributed by atoms with Gasteiger partial charge in [0.15, 0.2) is 0 Å². The molecule has 0 fully saturated rings. The Kier molecular flexibility index (Phi) is 3.08. The second-order valence-electron chi connectivity index (χ2n) is 2.64. The molecule has 0 saturated heterocycles. The van der Waals surface area contributed by atoms with E-state index < -0.39 is 0 Å². The lowest BCUT2D eigenvalue weighted by Gasteiger charge is -2.11. The summed E-state index contributed by atoms with van der Waals surface area (Å²) in [6, 6.07) is 7.15.